The summed E-state index contributed by atoms with van der Waals surface area (Å²) in [4.78, 5) is 0. The number of hydrogen-bond donors (Lipinski definition) is 0. The minimum atomic E-state index is -0.0231. The molecule has 0 spiro atoms. The van der Waals surface area contributed by atoms with E-state index in [4.69, 9.17) is 0 Å². The Morgan fingerprint density at radius 1 is 1.67 bits per heavy atom. The summed E-state index contributed by atoms with van der Waals surface area (Å²) in [5.74, 6) is 1.76. The third kappa shape index (κ3) is 1.53. The SMILES string of the molecule is FC1=PC=C1.[Na+]. The van der Waals surface area contributed by atoms with Crippen molar-refractivity contribution in [2.24, 2.45) is 0 Å². The van der Waals surface area contributed by atoms with Crippen molar-refractivity contribution in [3.63, 3.8) is 0 Å². The van der Waals surface area contributed by atoms with Gasteiger partial charge in [0.05, 0.1) is 0 Å². The largest absolute Gasteiger partial charge is 1.00 e. The quantitative estimate of drug-likeness (QED) is 0.265. The second-order valence-electron chi connectivity index (χ2n) is 0.768. The molecular formula is C3H2FNaP+. The summed E-state index contributed by atoms with van der Waals surface area (Å²) in [6.45, 7) is 0. The second kappa shape index (κ2) is 2.92. The van der Waals surface area contributed by atoms with Crippen LogP contribution in [0, 0.1) is 0 Å². The summed E-state index contributed by atoms with van der Waals surface area (Å²) in [7, 11) is 0.747. The first-order valence-electron chi connectivity index (χ1n) is 1.29. The molecule has 0 aromatic rings. The van der Waals surface area contributed by atoms with Crippen molar-refractivity contribution in [1.29, 1.82) is 0 Å². The van der Waals surface area contributed by atoms with Gasteiger partial charge in [0.15, 0.2) is 0 Å². The molecule has 0 radical (unpaired) electrons. The van der Waals surface area contributed by atoms with Crippen molar-refractivity contribution < 1.29 is 33.9 Å². The molecule has 1 rings (SSSR count). The van der Waals surface area contributed by atoms with Crippen LogP contribution in [0.2, 0.25) is 0 Å². The molecule has 0 atom stereocenters. The van der Waals surface area contributed by atoms with E-state index in [0.717, 1.165) is 8.20 Å². The zero-order chi connectivity index (χ0) is 3.70. The van der Waals surface area contributed by atoms with Gasteiger partial charge in [-0.1, -0.05) is 0 Å². The number of hydrogen-bond acceptors (Lipinski definition) is 0. The molecular weight excluding hydrogens is 109 g/mol. The van der Waals surface area contributed by atoms with Crippen LogP contribution in [0.15, 0.2) is 11.9 Å². The van der Waals surface area contributed by atoms with Gasteiger partial charge in [0, 0.05) is 0 Å². The van der Waals surface area contributed by atoms with E-state index in [1.54, 1.807) is 5.82 Å². The van der Waals surface area contributed by atoms with Crippen LogP contribution in [-0.4, -0.2) is 5.55 Å². The van der Waals surface area contributed by atoms with Gasteiger partial charge in [0.2, 0.25) is 0 Å². The Kier molecular flexibility index (Phi) is 3.33. The van der Waals surface area contributed by atoms with Gasteiger partial charge < -0.3 is 0 Å². The molecule has 0 saturated heterocycles. The van der Waals surface area contributed by atoms with Gasteiger partial charge in [-0.05, 0) is 20.1 Å². The molecule has 1 aliphatic rings. The standard InChI is InChI=1S/C3H2FP.Na/c4-3-1-2-5-3;/h1-2H;/q;+1. The summed E-state index contributed by atoms with van der Waals surface area (Å²) in [6, 6.07) is 0. The van der Waals surface area contributed by atoms with Crippen LogP contribution in [-0.2, 0) is 0 Å². The average Bonchev–Trinajstić information content (AvgIpc) is 1.30. The summed E-state index contributed by atoms with van der Waals surface area (Å²) in [5, 5.41) is 0. The van der Waals surface area contributed by atoms with Crippen LogP contribution in [0.5, 0.6) is 0 Å². The predicted octanol–water partition coefficient (Wildman–Crippen LogP) is -1.44. The van der Waals surface area contributed by atoms with E-state index in [1.807, 2.05) is 0 Å². The number of halogens is 1. The summed E-state index contributed by atoms with van der Waals surface area (Å²) < 4.78 is 11.3. The fourth-order valence-corrected chi connectivity index (χ4v) is 0.393. The molecule has 0 aliphatic carbocycles. The molecule has 0 aromatic heterocycles. The molecule has 0 amide bonds. The Balaban J connectivity index is 0.000000250. The smallest absolute Gasteiger partial charge is 0.202 e. The minimum absolute atomic E-state index is 0. The van der Waals surface area contributed by atoms with Crippen LogP contribution < -0.4 is 29.6 Å². The van der Waals surface area contributed by atoms with E-state index < -0.39 is 0 Å². The monoisotopic (exact) mass is 111 g/mol. The Morgan fingerprint density at radius 3 is 2.00 bits per heavy atom. The number of rotatable bonds is 0. The summed E-state index contributed by atoms with van der Waals surface area (Å²) in [5.41, 5.74) is -0.0231. The van der Waals surface area contributed by atoms with Crippen molar-refractivity contribution in [3.8, 4) is 0 Å². The molecule has 1 aliphatic heterocycles. The molecule has 3 heteroatoms. The predicted molar refractivity (Wildman–Crippen MR) is 22.2 cm³/mol. The van der Waals surface area contributed by atoms with E-state index in [1.165, 1.54) is 6.08 Å². The van der Waals surface area contributed by atoms with Gasteiger partial charge in [-0.3, -0.25) is 0 Å². The van der Waals surface area contributed by atoms with E-state index in [9.17, 15) is 4.39 Å². The van der Waals surface area contributed by atoms with Gasteiger partial charge in [-0.2, -0.15) is 0 Å². The fraction of sp³-hybridized carbons (Fsp3) is 0. The molecule has 6 heavy (non-hydrogen) atoms. The van der Waals surface area contributed by atoms with Crippen LogP contribution >= 0.6 is 8.20 Å². The maximum atomic E-state index is 11.3. The van der Waals surface area contributed by atoms with E-state index in [0.29, 0.717) is 0 Å². The molecule has 0 fully saturated rings. The van der Waals surface area contributed by atoms with Gasteiger partial charge in [-0.25, -0.2) is 4.39 Å². The normalized spacial score (nSPS) is 17.2. The molecule has 0 saturated carbocycles. The third-order valence-corrected chi connectivity index (χ3v) is 1.10. The Labute approximate surface area is 59.5 Å². The van der Waals surface area contributed by atoms with E-state index in [2.05, 4.69) is 0 Å². The first kappa shape index (κ1) is 6.84. The van der Waals surface area contributed by atoms with Crippen LogP contribution in [0.1, 0.15) is 0 Å². The first-order valence-corrected chi connectivity index (χ1v) is 2.26. The zero-order valence-corrected chi connectivity index (χ0v) is 6.37. The van der Waals surface area contributed by atoms with Crippen molar-refractivity contribution in [3.05, 3.63) is 11.9 Å². The molecule has 1 heterocycles. The van der Waals surface area contributed by atoms with Crippen molar-refractivity contribution in [1.82, 2.24) is 0 Å². The molecule has 0 bridgehead atoms. The molecule has 0 nitrogen and oxygen atoms in total. The van der Waals surface area contributed by atoms with Crippen LogP contribution in [0.4, 0.5) is 4.39 Å². The van der Waals surface area contributed by atoms with E-state index in [-0.39, 0.29) is 35.1 Å². The average molecular weight is 111 g/mol. The maximum absolute atomic E-state index is 11.3. The van der Waals surface area contributed by atoms with Gasteiger partial charge in [0.1, 0.15) is 5.55 Å². The Morgan fingerprint density at radius 2 is 2.00 bits per heavy atom. The Bertz CT molecular complexity index is 97.0. The summed E-state index contributed by atoms with van der Waals surface area (Å²) in [6.07, 6.45) is 1.46. The van der Waals surface area contributed by atoms with Crippen molar-refractivity contribution >= 4 is 13.8 Å². The van der Waals surface area contributed by atoms with Gasteiger partial charge >= 0.3 is 29.6 Å². The van der Waals surface area contributed by atoms with Crippen LogP contribution in [0.25, 0.3) is 0 Å². The number of allylic oxidation sites excluding steroid dienone is 1. The van der Waals surface area contributed by atoms with Crippen LogP contribution in [0.3, 0.4) is 0 Å². The fourth-order valence-electron chi connectivity index (χ4n) is 0.131. The van der Waals surface area contributed by atoms with Crippen molar-refractivity contribution in [2.75, 3.05) is 0 Å². The molecule has 0 unspecified atom stereocenters. The third-order valence-electron chi connectivity index (χ3n) is 0.410. The maximum Gasteiger partial charge on any atom is 1.00 e. The molecule has 0 aromatic carbocycles. The molecule has 26 valence electrons. The Hall–Kier alpha value is 0.840. The van der Waals surface area contributed by atoms with E-state index >= 15 is 0 Å². The summed E-state index contributed by atoms with van der Waals surface area (Å²) >= 11 is 0. The topological polar surface area (TPSA) is 0 Å². The zero-order valence-electron chi connectivity index (χ0n) is 3.48. The van der Waals surface area contributed by atoms with Crippen molar-refractivity contribution in [2.45, 2.75) is 0 Å². The second-order valence-corrected chi connectivity index (χ2v) is 1.75. The first-order chi connectivity index (χ1) is 2.39. The minimum Gasteiger partial charge on any atom is -0.202 e. The van der Waals surface area contributed by atoms with Gasteiger partial charge in [0.25, 0.3) is 0 Å². The molecule has 0 N–H and O–H groups in total. The van der Waals surface area contributed by atoms with Gasteiger partial charge in [-0.15, -0.1) is 0 Å².